The number of aromatic nitrogens is 3. The second kappa shape index (κ2) is 5.85. The summed E-state index contributed by atoms with van der Waals surface area (Å²) in [5.74, 6) is 0.376. The average Bonchev–Trinajstić information content (AvgIpc) is 2.53. The van der Waals surface area contributed by atoms with Gasteiger partial charge in [0.15, 0.2) is 5.82 Å². The lowest BCUT2D eigenvalue weighted by Crippen LogP contribution is -1.98. The first kappa shape index (κ1) is 14.7. The average molecular weight is 301 g/mol. The van der Waals surface area contributed by atoms with Crippen molar-refractivity contribution in [3.05, 3.63) is 53.5 Å². The molecule has 0 unspecified atom stereocenters. The predicted octanol–water partition coefficient (Wildman–Crippen LogP) is 3.43. The largest absolute Gasteiger partial charge is 0.382 e. The van der Waals surface area contributed by atoms with E-state index in [1.807, 2.05) is 38.1 Å². The summed E-state index contributed by atoms with van der Waals surface area (Å²) in [6.07, 6.45) is 6.45. The Morgan fingerprint density at radius 1 is 1.09 bits per heavy atom. The number of hydrogen-bond acceptors (Lipinski definition) is 5. The van der Waals surface area contributed by atoms with Crippen molar-refractivity contribution >= 4 is 22.9 Å². The lowest BCUT2D eigenvalue weighted by atomic mass is 9.93. The molecule has 0 saturated carbocycles. The molecule has 2 N–H and O–H groups in total. The highest BCUT2D eigenvalue weighted by atomic mass is 14.9. The Morgan fingerprint density at radius 3 is 2.52 bits per heavy atom. The van der Waals surface area contributed by atoms with E-state index in [1.54, 1.807) is 12.3 Å². The Bertz CT molecular complexity index is 944. The molecule has 0 aliphatic heterocycles. The van der Waals surface area contributed by atoms with Crippen LogP contribution in [0.5, 0.6) is 0 Å². The third-order valence-corrected chi connectivity index (χ3v) is 3.73. The Kier molecular flexibility index (Phi) is 3.73. The van der Waals surface area contributed by atoms with Crippen molar-refractivity contribution in [3.8, 4) is 17.2 Å². The summed E-state index contributed by atoms with van der Waals surface area (Å²) in [4.78, 5) is 12.6. The molecule has 0 spiro atoms. The smallest absolute Gasteiger partial charge is 0.153 e. The summed E-state index contributed by atoms with van der Waals surface area (Å²) >= 11 is 0. The van der Waals surface area contributed by atoms with Gasteiger partial charge in [-0.3, -0.25) is 4.98 Å². The minimum absolute atomic E-state index is 0.376. The molecule has 2 aromatic heterocycles. The number of nitrogen functional groups attached to an aromatic ring is 1. The van der Waals surface area contributed by atoms with E-state index in [1.165, 1.54) is 12.4 Å². The first-order chi connectivity index (χ1) is 11.1. The van der Waals surface area contributed by atoms with Crippen LogP contribution < -0.4 is 5.73 Å². The van der Waals surface area contributed by atoms with E-state index in [4.69, 9.17) is 11.0 Å². The van der Waals surface area contributed by atoms with Crippen LogP contribution in [-0.2, 0) is 0 Å². The Hall–Kier alpha value is -3.26. The first-order valence-electron chi connectivity index (χ1n) is 7.15. The summed E-state index contributed by atoms with van der Waals surface area (Å²) in [6, 6.07) is 8.05. The number of hydrogen-bond donors (Lipinski definition) is 1. The monoisotopic (exact) mass is 301 g/mol. The van der Waals surface area contributed by atoms with Crippen LogP contribution in [0.4, 0.5) is 5.82 Å². The molecule has 0 aliphatic rings. The van der Waals surface area contributed by atoms with Crippen LogP contribution in [0.25, 0.3) is 28.2 Å². The van der Waals surface area contributed by atoms with Gasteiger partial charge in [-0.2, -0.15) is 5.26 Å². The highest BCUT2D eigenvalue weighted by Gasteiger charge is 2.13. The van der Waals surface area contributed by atoms with Gasteiger partial charge in [0, 0.05) is 17.8 Å². The number of benzene rings is 1. The predicted molar refractivity (Wildman–Crippen MR) is 91.3 cm³/mol. The highest BCUT2D eigenvalue weighted by Crippen LogP contribution is 2.33. The molecule has 112 valence electrons. The Balaban J connectivity index is 2.26. The number of nitrogens with zero attached hydrogens (tertiary/aromatic N) is 4. The molecule has 0 bridgehead atoms. The third kappa shape index (κ3) is 2.62. The van der Waals surface area contributed by atoms with Crippen LogP contribution in [0.2, 0.25) is 0 Å². The van der Waals surface area contributed by atoms with Crippen molar-refractivity contribution in [2.45, 2.75) is 13.8 Å². The van der Waals surface area contributed by atoms with E-state index in [2.05, 4.69) is 15.0 Å². The number of nitrogens with two attached hydrogens (primary N) is 1. The van der Waals surface area contributed by atoms with Gasteiger partial charge >= 0.3 is 0 Å². The number of aryl methyl sites for hydroxylation is 2. The van der Waals surface area contributed by atoms with Gasteiger partial charge < -0.3 is 5.73 Å². The minimum Gasteiger partial charge on any atom is -0.382 e. The fourth-order valence-corrected chi connectivity index (χ4v) is 2.84. The molecule has 0 amide bonds. The number of pyridine rings is 1. The van der Waals surface area contributed by atoms with Crippen LogP contribution in [0.3, 0.4) is 0 Å². The summed E-state index contributed by atoms with van der Waals surface area (Å²) < 4.78 is 0. The lowest BCUT2D eigenvalue weighted by molar-refractivity contribution is 1.20. The third-order valence-electron chi connectivity index (χ3n) is 3.73. The molecule has 0 saturated heterocycles. The summed E-state index contributed by atoms with van der Waals surface area (Å²) in [6.45, 7) is 4.09. The molecule has 5 heteroatoms. The molecule has 23 heavy (non-hydrogen) atoms. The summed E-state index contributed by atoms with van der Waals surface area (Å²) in [5.41, 5.74) is 12.5. The van der Waals surface area contributed by atoms with Crippen molar-refractivity contribution in [3.63, 3.8) is 0 Å². The van der Waals surface area contributed by atoms with Crippen LogP contribution in [0.15, 0.2) is 36.8 Å². The zero-order valence-electron chi connectivity index (χ0n) is 12.9. The maximum absolute atomic E-state index is 8.67. The fraction of sp³-hybridized carbons (Fsp3) is 0.111. The molecule has 0 fully saturated rings. The number of rotatable bonds is 2. The molecule has 3 aromatic rings. The molecular weight excluding hydrogens is 286 g/mol. The lowest BCUT2D eigenvalue weighted by Gasteiger charge is -2.13. The standard InChI is InChI=1S/C18H15N5/c1-11-8-13(4-3-6-19)9-12(2)15(11)14-5-7-21-17-16(14)22-10-23-18(17)20/h3-5,7-10H,1-2H3,(H2,20,22,23). The molecule has 0 radical (unpaired) electrons. The zero-order valence-corrected chi connectivity index (χ0v) is 12.9. The van der Waals surface area contributed by atoms with Crippen LogP contribution in [0.1, 0.15) is 16.7 Å². The zero-order chi connectivity index (χ0) is 16.4. The number of fused-ring (bicyclic) bond motifs is 1. The van der Waals surface area contributed by atoms with Gasteiger partial charge in [-0.25, -0.2) is 9.97 Å². The number of anilines is 1. The van der Waals surface area contributed by atoms with Crippen molar-refractivity contribution < 1.29 is 0 Å². The second-order valence-electron chi connectivity index (χ2n) is 5.31. The van der Waals surface area contributed by atoms with Crippen molar-refractivity contribution in [2.24, 2.45) is 0 Å². The number of allylic oxidation sites excluding steroid dienone is 1. The van der Waals surface area contributed by atoms with Gasteiger partial charge in [-0.15, -0.1) is 0 Å². The van der Waals surface area contributed by atoms with E-state index >= 15 is 0 Å². The molecule has 1 aromatic carbocycles. The van der Waals surface area contributed by atoms with E-state index in [0.717, 1.165) is 33.3 Å². The summed E-state index contributed by atoms with van der Waals surface area (Å²) in [5, 5.41) is 8.67. The molecule has 3 rings (SSSR count). The summed E-state index contributed by atoms with van der Waals surface area (Å²) in [7, 11) is 0. The Morgan fingerprint density at radius 2 is 1.83 bits per heavy atom. The van der Waals surface area contributed by atoms with Crippen molar-refractivity contribution in [1.82, 2.24) is 15.0 Å². The van der Waals surface area contributed by atoms with Gasteiger partial charge in [0.05, 0.1) is 6.07 Å². The topological polar surface area (TPSA) is 88.5 Å². The van der Waals surface area contributed by atoms with E-state index in [0.29, 0.717) is 11.3 Å². The minimum atomic E-state index is 0.376. The molecule has 2 heterocycles. The Labute approximate surface area is 134 Å². The maximum Gasteiger partial charge on any atom is 0.153 e. The normalized spacial score (nSPS) is 11.0. The molecule has 5 nitrogen and oxygen atoms in total. The highest BCUT2D eigenvalue weighted by molar-refractivity contribution is 5.97. The maximum atomic E-state index is 8.67. The first-order valence-corrected chi connectivity index (χ1v) is 7.15. The van der Waals surface area contributed by atoms with Gasteiger partial charge in [0.2, 0.25) is 0 Å². The fourth-order valence-electron chi connectivity index (χ4n) is 2.84. The van der Waals surface area contributed by atoms with Crippen LogP contribution in [0, 0.1) is 25.2 Å². The molecular formula is C18H15N5. The van der Waals surface area contributed by atoms with Gasteiger partial charge in [0.25, 0.3) is 0 Å². The quantitative estimate of drug-likeness (QED) is 0.732. The van der Waals surface area contributed by atoms with Crippen molar-refractivity contribution in [1.29, 1.82) is 5.26 Å². The SMILES string of the molecule is Cc1cc(C=CC#N)cc(C)c1-c1ccnc2c(N)ncnc12. The van der Waals surface area contributed by atoms with E-state index in [-0.39, 0.29) is 0 Å². The molecule has 0 atom stereocenters. The van der Waals surface area contributed by atoms with Crippen molar-refractivity contribution in [2.75, 3.05) is 5.73 Å². The van der Waals surface area contributed by atoms with Gasteiger partial charge in [-0.1, -0.05) is 12.1 Å². The van der Waals surface area contributed by atoms with Gasteiger partial charge in [-0.05, 0) is 48.2 Å². The second-order valence-corrected chi connectivity index (χ2v) is 5.31. The van der Waals surface area contributed by atoms with E-state index in [9.17, 15) is 0 Å². The number of nitriles is 1. The molecule has 0 aliphatic carbocycles. The van der Waals surface area contributed by atoms with Crippen LogP contribution in [-0.4, -0.2) is 15.0 Å². The van der Waals surface area contributed by atoms with Gasteiger partial charge in [0.1, 0.15) is 17.4 Å². The van der Waals surface area contributed by atoms with Crippen LogP contribution >= 0.6 is 0 Å². The van der Waals surface area contributed by atoms with E-state index < -0.39 is 0 Å².